The standard InChI is InChI=1S/C20H25NOS.C16H17N.ClH/c1-20(2,3)23(22)21-19-14-13-16(15-9-5-4-6-10-15)17-11-7-8-12-18(17)19;17-16-11-10-13(12-6-2-1-3-7-12)14-8-4-5-9-15(14)16;/h4-12,16,19,21H,13-14H2,1-3H3;1-9,13,16H,10-11,17H2;1H/t16-,19-,23+;13-,16-;/m00./s1. The van der Waals surface area contributed by atoms with Crippen molar-refractivity contribution < 1.29 is 4.21 Å². The highest BCUT2D eigenvalue weighted by Gasteiger charge is 2.31. The maximum Gasteiger partial charge on any atom is 0.0975 e. The van der Waals surface area contributed by atoms with Gasteiger partial charge < -0.3 is 5.73 Å². The van der Waals surface area contributed by atoms with Gasteiger partial charge in [0.2, 0.25) is 0 Å². The molecule has 5 atom stereocenters. The number of halogens is 1. The van der Waals surface area contributed by atoms with Gasteiger partial charge in [-0.3, -0.25) is 0 Å². The first kappa shape index (κ1) is 31.2. The summed E-state index contributed by atoms with van der Waals surface area (Å²) in [5.74, 6) is 0.959. The summed E-state index contributed by atoms with van der Waals surface area (Å²) < 4.78 is 15.6. The van der Waals surface area contributed by atoms with Crippen LogP contribution in [-0.2, 0) is 11.0 Å². The van der Waals surface area contributed by atoms with Crippen molar-refractivity contribution in [2.24, 2.45) is 5.73 Å². The Bertz CT molecular complexity index is 1420. The lowest BCUT2D eigenvalue weighted by Gasteiger charge is -2.33. The Kier molecular flexibility index (Phi) is 10.6. The van der Waals surface area contributed by atoms with Crippen LogP contribution in [0.3, 0.4) is 0 Å². The minimum atomic E-state index is -1.05. The van der Waals surface area contributed by atoms with Crippen molar-refractivity contribution in [1.29, 1.82) is 0 Å². The molecule has 2 aliphatic rings. The molecule has 0 fully saturated rings. The van der Waals surface area contributed by atoms with Gasteiger partial charge in [-0.1, -0.05) is 109 Å². The molecule has 0 unspecified atom stereocenters. The zero-order valence-electron chi connectivity index (χ0n) is 24.3. The zero-order valence-corrected chi connectivity index (χ0v) is 26.0. The Labute approximate surface area is 255 Å². The molecule has 216 valence electrons. The molecular formula is C36H43ClN2OS. The molecule has 3 N–H and O–H groups in total. The van der Waals surface area contributed by atoms with Crippen LogP contribution in [0.25, 0.3) is 0 Å². The molecule has 0 saturated heterocycles. The van der Waals surface area contributed by atoms with E-state index in [-0.39, 0.29) is 29.2 Å². The highest BCUT2D eigenvalue weighted by Crippen LogP contribution is 2.42. The highest BCUT2D eigenvalue weighted by molar-refractivity contribution is 7.84. The van der Waals surface area contributed by atoms with Crippen LogP contribution < -0.4 is 10.5 Å². The van der Waals surface area contributed by atoms with Crippen molar-refractivity contribution in [1.82, 2.24) is 4.72 Å². The van der Waals surface area contributed by atoms with Gasteiger partial charge in [0.25, 0.3) is 0 Å². The molecule has 4 aromatic carbocycles. The van der Waals surface area contributed by atoms with Crippen LogP contribution in [0, 0.1) is 0 Å². The second kappa shape index (κ2) is 13.9. The second-order valence-corrected chi connectivity index (χ2v) is 14.0. The van der Waals surface area contributed by atoms with Crippen molar-refractivity contribution in [2.45, 2.75) is 75.1 Å². The van der Waals surface area contributed by atoms with Crippen LogP contribution in [0.4, 0.5) is 0 Å². The Morgan fingerprint density at radius 2 is 1.02 bits per heavy atom. The average molecular weight is 587 g/mol. The van der Waals surface area contributed by atoms with E-state index in [2.05, 4.69) is 114 Å². The predicted molar refractivity (Wildman–Crippen MR) is 176 cm³/mol. The van der Waals surface area contributed by atoms with Crippen molar-refractivity contribution in [3.05, 3.63) is 143 Å². The molecule has 0 spiro atoms. The van der Waals surface area contributed by atoms with E-state index in [1.54, 1.807) is 0 Å². The van der Waals surface area contributed by atoms with E-state index < -0.39 is 11.0 Å². The summed E-state index contributed by atoms with van der Waals surface area (Å²) in [6, 6.07) is 39.0. The lowest BCUT2D eigenvalue weighted by atomic mass is 9.77. The number of rotatable bonds is 4. The summed E-state index contributed by atoms with van der Waals surface area (Å²) in [5, 5.41) is 0. The average Bonchev–Trinajstić information content (AvgIpc) is 2.98. The highest BCUT2D eigenvalue weighted by atomic mass is 35.5. The maximum absolute atomic E-state index is 12.5. The summed E-state index contributed by atoms with van der Waals surface area (Å²) in [7, 11) is -1.05. The van der Waals surface area contributed by atoms with Crippen molar-refractivity contribution in [3.8, 4) is 0 Å². The number of hydrogen-bond donors (Lipinski definition) is 2. The summed E-state index contributed by atoms with van der Waals surface area (Å²) in [6.45, 7) is 6.03. The number of fused-ring (bicyclic) bond motifs is 2. The first-order valence-corrected chi connectivity index (χ1v) is 15.7. The molecule has 0 aromatic heterocycles. The Morgan fingerprint density at radius 1 is 0.610 bits per heavy atom. The third-order valence-electron chi connectivity index (χ3n) is 8.24. The molecule has 6 rings (SSSR count). The first-order valence-electron chi connectivity index (χ1n) is 14.5. The number of nitrogens with one attached hydrogen (secondary N) is 1. The largest absolute Gasteiger partial charge is 0.324 e. The van der Waals surface area contributed by atoms with Crippen molar-refractivity contribution in [3.63, 3.8) is 0 Å². The fourth-order valence-electron chi connectivity index (χ4n) is 6.10. The summed E-state index contributed by atoms with van der Waals surface area (Å²) in [6.07, 6.45) is 4.33. The van der Waals surface area contributed by atoms with E-state index in [0.717, 1.165) is 25.7 Å². The molecule has 0 heterocycles. The van der Waals surface area contributed by atoms with Crippen LogP contribution in [0.5, 0.6) is 0 Å². The van der Waals surface area contributed by atoms with E-state index >= 15 is 0 Å². The lowest BCUT2D eigenvalue weighted by molar-refractivity contribution is 0.495. The van der Waals surface area contributed by atoms with Gasteiger partial charge >= 0.3 is 0 Å². The van der Waals surface area contributed by atoms with E-state index in [4.69, 9.17) is 5.73 Å². The zero-order chi connectivity index (χ0) is 28.1. The molecule has 0 bridgehead atoms. The van der Waals surface area contributed by atoms with Gasteiger partial charge in [0.05, 0.1) is 15.7 Å². The van der Waals surface area contributed by atoms with E-state index in [1.165, 1.54) is 33.4 Å². The SMILES string of the molecule is CC(C)(C)[S@@](=O)N[C@H]1CC[C@@H](c2ccccc2)c2ccccc21.Cl.N[C@H]1CC[C@@H](c2ccccc2)c2ccccc21. The molecule has 41 heavy (non-hydrogen) atoms. The Balaban J connectivity index is 0.000000192. The molecule has 5 heteroatoms. The number of nitrogens with two attached hydrogens (primary N) is 1. The van der Waals surface area contributed by atoms with Gasteiger partial charge in [0.1, 0.15) is 0 Å². The van der Waals surface area contributed by atoms with Crippen molar-refractivity contribution in [2.75, 3.05) is 0 Å². The van der Waals surface area contributed by atoms with Crippen LogP contribution in [0.1, 0.15) is 104 Å². The van der Waals surface area contributed by atoms with Crippen LogP contribution in [-0.4, -0.2) is 8.96 Å². The lowest BCUT2D eigenvalue weighted by Crippen LogP contribution is -2.37. The fraction of sp³-hybridized carbons (Fsp3) is 0.333. The third-order valence-corrected chi connectivity index (χ3v) is 9.85. The molecule has 4 aromatic rings. The molecule has 0 amide bonds. The summed E-state index contributed by atoms with van der Waals surface area (Å²) in [5.41, 5.74) is 14.4. The Hall–Kier alpha value is -2.76. The topological polar surface area (TPSA) is 55.1 Å². The molecule has 0 radical (unpaired) electrons. The molecule has 0 aliphatic heterocycles. The monoisotopic (exact) mass is 586 g/mol. The van der Waals surface area contributed by atoms with E-state index in [0.29, 0.717) is 11.8 Å². The van der Waals surface area contributed by atoms with E-state index in [9.17, 15) is 4.21 Å². The molecule has 0 saturated carbocycles. The van der Waals surface area contributed by atoms with E-state index in [1.807, 2.05) is 20.8 Å². The van der Waals surface area contributed by atoms with Crippen LogP contribution in [0.2, 0.25) is 0 Å². The van der Waals surface area contributed by atoms with Gasteiger partial charge in [-0.2, -0.15) is 0 Å². The number of benzene rings is 4. The smallest absolute Gasteiger partial charge is 0.0975 e. The fourth-order valence-corrected chi connectivity index (χ4v) is 6.96. The Morgan fingerprint density at radius 3 is 1.54 bits per heavy atom. The maximum atomic E-state index is 12.5. The quantitative estimate of drug-likeness (QED) is 0.251. The van der Waals surface area contributed by atoms with Gasteiger partial charge in [0, 0.05) is 23.9 Å². The van der Waals surface area contributed by atoms with Gasteiger partial charge in [-0.15, -0.1) is 12.4 Å². The summed E-state index contributed by atoms with van der Waals surface area (Å²) in [4.78, 5) is 0. The molecular weight excluding hydrogens is 544 g/mol. The van der Waals surface area contributed by atoms with Gasteiger partial charge in [-0.25, -0.2) is 8.93 Å². The minimum Gasteiger partial charge on any atom is -0.324 e. The normalized spacial score (nSPS) is 22.1. The number of hydrogen-bond acceptors (Lipinski definition) is 2. The van der Waals surface area contributed by atoms with Gasteiger partial charge in [0.15, 0.2) is 0 Å². The van der Waals surface area contributed by atoms with Crippen LogP contribution >= 0.6 is 12.4 Å². The van der Waals surface area contributed by atoms with Crippen molar-refractivity contribution >= 4 is 23.4 Å². The predicted octanol–water partition coefficient (Wildman–Crippen LogP) is 8.74. The van der Waals surface area contributed by atoms with Crippen LogP contribution in [0.15, 0.2) is 109 Å². The second-order valence-electron chi connectivity index (χ2n) is 12.0. The molecule has 2 aliphatic carbocycles. The summed E-state index contributed by atoms with van der Waals surface area (Å²) >= 11 is 0. The molecule has 3 nitrogen and oxygen atoms in total. The first-order chi connectivity index (χ1) is 19.3. The third kappa shape index (κ3) is 7.37. The minimum absolute atomic E-state index is 0. The van der Waals surface area contributed by atoms with Gasteiger partial charge in [-0.05, 0) is 79.8 Å².